The molecule has 1 aliphatic rings. The van der Waals surface area contributed by atoms with Gasteiger partial charge in [0.1, 0.15) is 10.6 Å². The number of furan rings is 1. The molecular weight excluding hydrogens is 302 g/mol. The van der Waals surface area contributed by atoms with Crippen LogP contribution >= 0.6 is 11.3 Å². The van der Waals surface area contributed by atoms with Crippen molar-refractivity contribution in [2.45, 2.75) is 20.3 Å². The number of aryl methyl sites for hydroxylation is 2. The molecule has 1 saturated heterocycles. The lowest BCUT2D eigenvalue weighted by molar-refractivity contribution is -0.121. The van der Waals surface area contributed by atoms with Crippen LogP contribution in [0, 0.1) is 19.8 Å². The van der Waals surface area contributed by atoms with Gasteiger partial charge in [-0.15, -0.1) is 11.3 Å². The second-order valence-electron chi connectivity index (χ2n) is 5.48. The number of carbonyl (C=O) groups excluding carboxylic acids is 2. The Bertz CT molecular complexity index is 734. The first-order valence-electron chi connectivity index (χ1n) is 7.08. The Morgan fingerprint density at radius 1 is 1.41 bits per heavy atom. The molecule has 1 atom stereocenters. The minimum atomic E-state index is -0.344. The van der Waals surface area contributed by atoms with Gasteiger partial charge in [0, 0.05) is 13.1 Å². The van der Waals surface area contributed by atoms with Gasteiger partial charge in [-0.3, -0.25) is 9.59 Å². The Hall–Kier alpha value is -2.15. The number of primary amides is 1. The van der Waals surface area contributed by atoms with Gasteiger partial charge in [0.05, 0.1) is 11.6 Å². The highest BCUT2D eigenvalue weighted by Gasteiger charge is 2.32. The zero-order chi connectivity index (χ0) is 15.9. The SMILES string of the molecule is Cc1ccc(-c2nc(C)c(C(=O)N3CCC(C(N)=O)C3)s2)o1. The number of hydrogen-bond acceptors (Lipinski definition) is 5. The van der Waals surface area contributed by atoms with E-state index in [2.05, 4.69) is 4.98 Å². The van der Waals surface area contributed by atoms with Crippen molar-refractivity contribution in [1.82, 2.24) is 9.88 Å². The van der Waals surface area contributed by atoms with Crippen LogP contribution in [0.4, 0.5) is 0 Å². The van der Waals surface area contributed by atoms with Gasteiger partial charge in [0.2, 0.25) is 5.91 Å². The zero-order valence-corrected chi connectivity index (χ0v) is 13.3. The van der Waals surface area contributed by atoms with Gasteiger partial charge >= 0.3 is 0 Å². The molecule has 2 aromatic heterocycles. The highest BCUT2D eigenvalue weighted by molar-refractivity contribution is 7.17. The van der Waals surface area contributed by atoms with Crippen LogP contribution in [0.1, 0.15) is 27.5 Å². The molecule has 0 spiro atoms. The molecule has 2 amide bonds. The number of nitrogens with zero attached hydrogens (tertiary/aromatic N) is 2. The molecule has 0 aliphatic carbocycles. The summed E-state index contributed by atoms with van der Waals surface area (Å²) in [7, 11) is 0. The molecule has 3 rings (SSSR count). The standard InChI is InChI=1S/C15H17N3O3S/c1-8-3-4-11(21-8)14-17-9(2)12(22-14)15(20)18-6-5-10(7-18)13(16)19/h3-4,10H,5-7H2,1-2H3,(H2,16,19). The van der Waals surface area contributed by atoms with Crippen molar-refractivity contribution in [2.75, 3.05) is 13.1 Å². The predicted molar refractivity (Wildman–Crippen MR) is 82.5 cm³/mol. The van der Waals surface area contributed by atoms with Crippen LogP contribution in [-0.2, 0) is 4.79 Å². The van der Waals surface area contributed by atoms with Crippen molar-refractivity contribution in [1.29, 1.82) is 0 Å². The van der Waals surface area contributed by atoms with Gasteiger partial charge in [0.25, 0.3) is 5.91 Å². The van der Waals surface area contributed by atoms with Crippen LogP contribution in [0.2, 0.25) is 0 Å². The fraction of sp³-hybridized carbons (Fsp3) is 0.400. The Morgan fingerprint density at radius 2 is 2.18 bits per heavy atom. The van der Waals surface area contributed by atoms with Crippen molar-refractivity contribution >= 4 is 23.2 Å². The molecule has 0 saturated carbocycles. The van der Waals surface area contributed by atoms with E-state index in [4.69, 9.17) is 10.2 Å². The van der Waals surface area contributed by atoms with Crippen molar-refractivity contribution in [3.05, 3.63) is 28.5 Å². The van der Waals surface area contributed by atoms with Gasteiger partial charge in [-0.25, -0.2) is 4.98 Å². The maximum atomic E-state index is 12.6. The first-order valence-corrected chi connectivity index (χ1v) is 7.90. The Balaban J connectivity index is 1.82. The van der Waals surface area contributed by atoms with Gasteiger partial charge < -0.3 is 15.1 Å². The smallest absolute Gasteiger partial charge is 0.265 e. The summed E-state index contributed by atoms with van der Waals surface area (Å²) in [5.74, 6) is 0.793. The molecule has 0 radical (unpaired) electrons. The third-order valence-electron chi connectivity index (χ3n) is 3.82. The van der Waals surface area contributed by atoms with Gasteiger partial charge in [-0.2, -0.15) is 0 Å². The number of rotatable bonds is 3. The lowest BCUT2D eigenvalue weighted by Gasteiger charge is -2.14. The molecule has 2 N–H and O–H groups in total. The van der Waals surface area contributed by atoms with E-state index in [1.165, 1.54) is 11.3 Å². The number of nitrogens with two attached hydrogens (primary N) is 1. The molecule has 7 heteroatoms. The maximum Gasteiger partial charge on any atom is 0.265 e. The van der Waals surface area contributed by atoms with E-state index in [0.29, 0.717) is 40.8 Å². The number of aromatic nitrogens is 1. The molecule has 0 bridgehead atoms. The van der Waals surface area contributed by atoms with E-state index >= 15 is 0 Å². The zero-order valence-electron chi connectivity index (χ0n) is 12.5. The van der Waals surface area contributed by atoms with Gasteiger partial charge in [-0.05, 0) is 32.4 Å². The third kappa shape index (κ3) is 2.64. The molecule has 1 unspecified atom stereocenters. The topological polar surface area (TPSA) is 89.4 Å². The van der Waals surface area contributed by atoms with Crippen molar-refractivity contribution < 1.29 is 14.0 Å². The highest BCUT2D eigenvalue weighted by Crippen LogP contribution is 2.31. The summed E-state index contributed by atoms with van der Waals surface area (Å²) in [5, 5.41) is 0.694. The molecule has 22 heavy (non-hydrogen) atoms. The van der Waals surface area contributed by atoms with Crippen LogP contribution in [0.5, 0.6) is 0 Å². The van der Waals surface area contributed by atoms with E-state index in [1.54, 1.807) is 4.90 Å². The normalized spacial score (nSPS) is 17.9. The number of likely N-dealkylation sites (tertiary alicyclic amines) is 1. The first-order chi connectivity index (χ1) is 10.5. The van der Waals surface area contributed by atoms with Gasteiger partial charge in [0.15, 0.2) is 10.8 Å². The quantitative estimate of drug-likeness (QED) is 0.936. The highest BCUT2D eigenvalue weighted by atomic mass is 32.1. The minimum absolute atomic E-state index is 0.0896. The molecule has 2 aromatic rings. The first kappa shape index (κ1) is 14.8. The van der Waals surface area contributed by atoms with E-state index in [9.17, 15) is 9.59 Å². The van der Waals surface area contributed by atoms with Crippen LogP contribution in [-0.4, -0.2) is 34.8 Å². The largest absolute Gasteiger partial charge is 0.459 e. The molecule has 0 aromatic carbocycles. The molecule has 116 valence electrons. The van der Waals surface area contributed by atoms with Crippen molar-refractivity contribution in [2.24, 2.45) is 11.7 Å². The summed E-state index contributed by atoms with van der Waals surface area (Å²) in [5.41, 5.74) is 5.99. The van der Waals surface area contributed by atoms with Gasteiger partial charge in [-0.1, -0.05) is 0 Å². The Morgan fingerprint density at radius 3 is 2.77 bits per heavy atom. The van der Waals surface area contributed by atoms with E-state index in [0.717, 1.165) is 5.76 Å². The van der Waals surface area contributed by atoms with Crippen LogP contribution < -0.4 is 5.73 Å². The summed E-state index contributed by atoms with van der Waals surface area (Å²) >= 11 is 1.32. The Labute approximate surface area is 131 Å². The lowest BCUT2D eigenvalue weighted by Crippen LogP contribution is -2.31. The van der Waals surface area contributed by atoms with Crippen molar-refractivity contribution in [3.8, 4) is 10.8 Å². The van der Waals surface area contributed by atoms with E-state index < -0.39 is 0 Å². The lowest BCUT2D eigenvalue weighted by atomic mass is 10.1. The number of carbonyl (C=O) groups is 2. The summed E-state index contributed by atoms with van der Waals surface area (Å²) in [4.78, 5) is 30.5. The third-order valence-corrected chi connectivity index (χ3v) is 4.98. The van der Waals surface area contributed by atoms with Crippen molar-refractivity contribution in [3.63, 3.8) is 0 Å². The average molecular weight is 319 g/mol. The minimum Gasteiger partial charge on any atom is -0.459 e. The molecule has 3 heterocycles. The number of hydrogen-bond donors (Lipinski definition) is 1. The monoisotopic (exact) mass is 319 g/mol. The maximum absolute atomic E-state index is 12.6. The second-order valence-corrected chi connectivity index (χ2v) is 6.48. The fourth-order valence-corrected chi connectivity index (χ4v) is 3.57. The summed E-state index contributed by atoms with van der Waals surface area (Å²) < 4.78 is 5.55. The molecular formula is C15H17N3O3S. The Kier molecular flexibility index (Phi) is 3.74. The average Bonchev–Trinajstić information content (AvgIpc) is 3.16. The number of amides is 2. The summed E-state index contributed by atoms with van der Waals surface area (Å²) in [6, 6.07) is 3.71. The van der Waals surface area contributed by atoms with Crippen LogP contribution in [0.3, 0.4) is 0 Å². The second kappa shape index (κ2) is 5.57. The fourth-order valence-electron chi connectivity index (χ4n) is 2.57. The van der Waals surface area contributed by atoms with E-state index in [-0.39, 0.29) is 17.7 Å². The van der Waals surface area contributed by atoms with Crippen LogP contribution in [0.25, 0.3) is 10.8 Å². The molecule has 1 fully saturated rings. The molecule has 6 nitrogen and oxygen atoms in total. The number of thiazole rings is 1. The molecule has 1 aliphatic heterocycles. The predicted octanol–water partition coefficient (Wildman–Crippen LogP) is 1.97. The van der Waals surface area contributed by atoms with E-state index in [1.807, 2.05) is 26.0 Å². The van der Waals surface area contributed by atoms with Crippen LogP contribution in [0.15, 0.2) is 16.5 Å². The summed E-state index contributed by atoms with van der Waals surface area (Å²) in [6.07, 6.45) is 0.628. The summed E-state index contributed by atoms with van der Waals surface area (Å²) in [6.45, 7) is 4.62.